The Labute approximate surface area is 138 Å². The first-order valence-corrected chi connectivity index (χ1v) is 7.63. The van der Waals surface area contributed by atoms with Crippen molar-refractivity contribution in [1.82, 2.24) is 10.6 Å². The maximum absolute atomic E-state index is 5.88. The van der Waals surface area contributed by atoms with E-state index in [0.29, 0.717) is 24.2 Å². The van der Waals surface area contributed by atoms with Crippen LogP contribution in [-0.2, 0) is 9.47 Å². The van der Waals surface area contributed by atoms with E-state index in [2.05, 4.69) is 17.6 Å². The summed E-state index contributed by atoms with van der Waals surface area (Å²) in [5.41, 5.74) is 0. The maximum atomic E-state index is 5.88. The summed E-state index contributed by atoms with van der Waals surface area (Å²) in [5, 5.41) is 6.88. The van der Waals surface area contributed by atoms with E-state index in [1.807, 2.05) is 0 Å². The average Bonchev–Trinajstić information content (AvgIpc) is 3.13. The molecule has 4 unspecified atom stereocenters. The van der Waals surface area contributed by atoms with Crippen LogP contribution in [0.3, 0.4) is 0 Å². The van der Waals surface area contributed by atoms with Crippen LogP contribution in [0.5, 0.6) is 0 Å². The first-order valence-electron chi connectivity index (χ1n) is 7.63. The van der Waals surface area contributed by atoms with Crippen molar-refractivity contribution in [3.8, 4) is 0 Å². The molecule has 0 aromatic heterocycles. The van der Waals surface area contributed by atoms with Gasteiger partial charge in [-0.2, -0.15) is 0 Å². The summed E-state index contributed by atoms with van der Waals surface area (Å²) >= 11 is 0. The molecule has 20 heavy (non-hydrogen) atoms. The molecule has 116 valence electrons. The fourth-order valence-corrected chi connectivity index (χ4v) is 3.23. The largest absolute Gasteiger partial charge is 0.381 e. The van der Waals surface area contributed by atoms with E-state index in [1.54, 1.807) is 0 Å². The lowest BCUT2D eigenvalue weighted by molar-refractivity contribution is 0.0992. The molecule has 0 amide bonds. The fraction of sp³-hybridized carbons (Fsp3) is 0.929. The molecule has 2 bridgehead atoms. The molecular weight excluding hydrogens is 369 g/mol. The minimum atomic E-state index is 0. The average molecular weight is 395 g/mol. The van der Waals surface area contributed by atoms with Crippen molar-refractivity contribution >= 4 is 29.9 Å². The van der Waals surface area contributed by atoms with E-state index in [4.69, 9.17) is 14.5 Å². The van der Waals surface area contributed by atoms with Crippen LogP contribution in [0.2, 0.25) is 0 Å². The van der Waals surface area contributed by atoms with Gasteiger partial charge in [-0.05, 0) is 32.6 Å². The molecule has 3 aliphatic rings. The molecule has 6 heteroatoms. The highest BCUT2D eigenvalue weighted by Crippen LogP contribution is 2.34. The van der Waals surface area contributed by atoms with Gasteiger partial charge in [0.15, 0.2) is 5.96 Å². The van der Waals surface area contributed by atoms with Crippen LogP contribution >= 0.6 is 24.0 Å². The van der Waals surface area contributed by atoms with Gasteiger partial charge in [0, 0.05) is 25.6 Å². The van der Waals surface area contributed by atoms with Crippen molar-refractivity contribution in [2.24, 2.45) is 10.9 Å². The highest BCUT2D eigenvalue weighted by Gasteiger charge is 2.41. The summed E-state index contributed by atoms with van der Waals surface area (Å²) in [4.78, 5) is 4.70. The number of fused-ring (bicyclic) bond motifs is 2. The lowest BCUT2D eigenvalue weighted by atomic mass is 9.96. The standard InChI is InChI=1S/C14H25N3O2.HI/c1-2-15-14(16-8-10-5-6-18-9-10)17-12-7-11-3-4-13(12)19-11;/h10-13H,2-9H2,1H3,(H2,15,16,17);1H. The van der Waals surface area contributed by atoms with Gasteiger partial charge in [0.1, 0.15) is 0 Å². The Morgan fingerprint density at radius 2 is 2.20 bits per heavy atom. The second-order valence-electron chi connectivity index (χ2n) is 5.81. The van der Waals surface area contributed by atoms with Gasteiger partial charge in [-0.25, -0.2) is 0 Å². The Kier molecular flexibility index (Phi) is 6.35. The molecule has 3 aliphatic heterocycles. The summed E-state index contributed by atoms with van der Waals surface area (Å²) in [6.45, 7) is 5.61. The SMILES string of the molecule is CCNC(=NCC1CCOC1)NC1CC2CCC1O2.I. The van der Waals surface area contributed by atoms with Gasteiger partial charge in [-0.3, -0.25) is 4.99 Å². The van der Waals surface area contributed by atoms with Crippen LogP contribution in [0.15, 0.2) is 4.99 Å². The quantitative estimate of drug-likeness (QED) is 0.431. The van der Waals surface area contributed by atoms with Crippen LogP contribution in [0.1, 0.15) is 32.6 Å². The molecule has 0 aliphatic carbocycles. The topological polar surface area (TPSA) is 54.9 Å². The van der Waals surface area contributed by atoms with E-state index >= 15 is 0 Å². The zero-order chi connectivity index (χ0) is 13.1. The number of nitrogens with one attached hydrogen (secondary N) is 2. The smallest absolute Gasteiger partial charge is 0.191 e. The van der Waals surface area contributed by atoms with Gasteiger partial charge < -0.3 is 20.1 Å². The lowest BCUT2D eigenvalue weighted by Gasteiger charge is -2.22. The van der Waals surface area contributed by atoms with Gasteiger partial charge >= 0.3 is 0 Å². The van der Waals surface area contributed by atoms with Crippen LogP contribution in [0.4, 0.5) is 0 Å². The van der Waals surface area contributed by atoms with Crippen molar-refractivity contribution in [3.05, 3.63) is 0 Å². The minimum absolute atomic E-state index is 0. The first-order chi connectivity index (χ1) is 9.35. The van der Waals surface area contributed by atoms with E-state index in [1.165, 1.54) is 12.8 Å². The van der Waals surface area contributed by atoms with Gasteiger partial charge in [0.2, 0.25) is 0 Å². The van der Waals surface area contributed by atoms with Gasteiger partial charge in [0.25, 0.3) is 0 Å². The molecule has 3 rings (SSSR count). The molecule has 4 atom stereocenters. The summed E-state index contributed by atoms with van der Waals surface area (Å²) in [6, 6.07) is 0.441. The number of hydrogen-bond acceptors (Lipinski definition) is 3. The van der Waals surface area contributed by atoms with E-state index < -0.39 is 0 Å². The number of rotatable bonds is 4. The molecule has 2 N–H and O–H groups in total. The van der Waals surface area contributed by atoms with Gasteiger partial charge in [0.05, 0.1) is 24.9 Å². The van der Waals surface area contributed by atoms with Crippen molar-refractivity contribution in [2.75, 3.05) is 26.3 Å². The molecule has 0 radical (unpaired) electrons. The number of ether oxygens (including phenoxy) is 2. The number of guanidine groups is 1. The maximum Gasteiger partial charge on any atom is 0.191 e. The van der Waals surface area contributed by atoms with Crippen LogP contribution in [0, 0.1) is 5.92 Å². The highest BCUT2D eigenvalue weighted by atomic mass is 127. The zero-order valence-electron chi connectivity index (χ0n) is 12.1. The summed E-state index contributed by atoms with van der Waals surface area (Å²) in [6.07, 6.45) is 5.56. The molecular formula is C14H26IN3O2. The van der Waals surface area contributed by atoms with Crippen LogP contribution in [-0.4, -0.2) is 50.5 Å². The normalized spacial score (nSPS) is 36.0. The number of hydrogen-bond donors (Lipinski definition) is 2. The van der Waals surface area contributed by atoms with Crippen molar-refractivity contribution < 1.29 is 9.47 Å². The molecule has 0 saturated carbocycles. The predicted molar refractivity (Wildman–Crippen MR) is 89.8 cm³/mol. The Morgan fingerprint density at radius 1 is 1.30 bits per heavy atom. The van der Waals surface area contributed by atoms with E-state index in [9.17, 15) is 0 Å². The van der Waals surface area contributed by atoms with E-state index in [0.717, 1.165) is 45.1 Å². The lowest BCUT2D eigenvalue weighted by Crippen LogP contribution is -2.47. The molecule has 0 spiro atoms. The Morgan fingerprint density at radius 3 is 2.80 bits per heavy atom. The fourth-order valence-electron chi connectivity index (χ4n) is 3.23. The molecule has 3 saturated heterocycles. The molecule has 0 aromatic carbocycles. The Hall–Kier alpha value is -0.0800. The summed E-state index contributed by atoms with van der Waals surface area (Å²) < 4.78 is 11.3. The predicted octanol–water partition coefficient (Wildman–Crippen LogP) is 1.52. The molecule has 3 fully saturated rings. The van der Waals surface area contributed by atoms with E-state index in [-0.39, 0.29) is 24.0 Å². The number of aliphatic imine (C=N–C) groups is 1. The summed E-state index contributed by atoms with van der Waals surface area (Å²) in [7, 11) is 0. The Balaban J connectivity index is 0.00000147. The first kappa shape index (κ1) is 16.3. The summed E-state index contributed by atoms with van der Waals surface area (Å²) in [5.74, 6) is 1.53. The number of halogens is 1. The van der Waals surface area contributed by atoms with Crippen molar-refractivity contribution in [3.63, 3.8) is 0 Å². The third-order valence-electron chi connectivity index (χ3n) is 4.30. The minimum Gasteiger partial charge on any atom is -0.381 e. The zero-order valence-corrected chi connectivity index (χ0v) is 14.5. The highest BCUT2D eigenvalue weighted by molar-refractivity contribution is 14.0. The molecule has 3 heterocycles. The third-order valence-corrected chi connectivity index (χ3v) is 4.30. The van der Waals surface area contributed by atoms with Gasteiger partial charge in [-0.15, -0.1) is 24.0 Å². The Bertz CT molecular complexity index is 334. The third kappa shape index (κ3) is 3.98. The molecule has 5 nitrogen and oxygen atoms in total. The van der Waals surface area contributed by atoms with Gasteiger partial charge in [-0.1, -0.05) is 0 Å². The van der Waals surface area contributed by atoms with Crippen LogP contribution in [0.25, 0.3) is 0 Å². The number of nitrogens with zero attached hydrogens (tertiary/aromatic N) is 1. The van der Waals surface area contributed by atoms with Crippen molar-refractivity contribution in [1.29, 1.82) is 0 Å². The van der Waals surface area contributed by atoms with Crippen molar-refractivity contribution in [2.45, 2.75) is 50.9 Å². The van der Waals surface area contributed by atoms with Crippen LogP contribution < -0.4 is 10.6 Å². The second kappa shape index (κ2) is 7.79. The second-order valence-corrected chi connectivity index (χ2v) is 5.81. The molecule has 0 aromatic rings. The monoisotopic (exact) mass is 395 g/mol.